The van der Waals surface area contributed by atoms with E-state index in [1.165, 1.54) is 21.3 Å². The highest BCUT2D eigenvalue weighted by Crippen LogP contribution is 2.24. The van der Waals surface area contributed by atoms with Crippen LogP contribution in [0.15, 0.2) is 0 Å². The number of esters is 2. The smallest absolute Gasteiger partial charge is 0.339 e. The molecule has 0 rings (SSSR count). The van der Waals surface area contributed by atoms with Gasteiger partial charge in [0.15, 0.2) is 6.10 Å². The Morgan fingerprint density at radius 2 is 1.37 bits per heavy atom. The molecule has 0 aromatic rings. The number of carbonyl (C=O) groups is 2. The zero-order valence-electron chi connectivity index (χ0n) is 25.5. The van der Waals surface area contributed by atoms with E-state index in [4.69, 9.17) is 33.9 Å². The summed E-state index contributed by atoms with van der Waals surface area (Å²) in [6.45, 7) is 17.0. The summed E-state index contributed by atoms with van der Waals surface area (Å²) in [6, 6.07) is 0. The Kier molecular flexibility index (Phi) is 20.9. The third-order valence-electron chi connectivity index (χ3n) is 4.78. The van der Waals surface area contributed by atoms with Crippen molar-refractivity contribution in [2.24, 2.45) is 0 Å². The van der Waals surface area contributed by atoms with Gasteiger partial charge in [-0.3, -0.25) is 4.79 Å². The van der Waals surface area contributed by atoms with Gasteiger partial charge in [0.25, 0.3) is 0 Å². The lowest BCUT2D eigenvalue weighted by Gasteiger charge is -2.29. The van der Waals surface area contributed by atoms with E-state index >= 15 is 0 Å². The quantitative estimate of drug-likeness (QED) is 0.0901. The Bertz CT molecular complexity index is 604. The monoisotopic (exact) mass is 556 g/mol. The number of carbonyl (C=O) groups excluding carboxylic acids is 2. The molecule has 0 heterocycles. The van der Waals surface area contributed by atoms with Crippen molar-refractivity contribution in [1.82, 2.24) is 0 Å². The molecule has 0 saturated heterocycles. The van der Waals surface area contributed by atoms with E-state index in [0.29, 0.717) is 19.4 Å². The van der Waals surface area contributed by atoms with Crippen LogP contribution < -0.4 is 0 Å². The van der Waals surface area contributed by atoms with Crippen molar-refractivity contribution >= 4 is 11.9 Å². The van der Waals surface area contributed by atoms with Crippen molar-refractivity contribution in [2.75, 3.05) is 27.9 Å². The van der Waals surface area contributed by atoms with Crippen LogP contribution in [0.1, 0.15) is 101 Å². The highest BCUT2D eigenvalue weighted by atomic mass is 17.3. The van der Waals surface area contributed by atoms with Gasteiger partial charge in [-0.15, -0.1) is 0 Å². The van der Waals surface area contributed by atoms with Crippen molar-refractivity contribution in [3.63, 3.8) is 0 Å². The average molecular weight is 557 g/mol. The van der Waals surface area contributed by atoms with Crippen molar-refractivity contribution in [3.05, 3.63) is 0 Å². The maximum atomic E-state index is 12.0. The Balaban J connectivity index is 0. The van der Waals surface area contributed by atoms with Crippen molar-refractivity contribution in [3.8, 4) is 0 Å². The van der Waals surface area contributed by atoms with E-state index < -0.39 is 35.2 Å². The molecule has 0 N–H and O–H groups in total. The van der Waals surface area contributed by atoms with Crippen LogP contribution in [0.25, 0.3) is 0 Å². The highest BCUT2D eigenvalue weighted by molar-refractivity contribution is 5.75. The first-order valence-corrected chi connectivity index (χ1v) is 13.0. The molecule has 0 amide bonds. The lowest BCUT2D eigenvalue weighted by molar-refractivity contribution is -0.501. The minimum Gasteiger partial charge on any atom is -0.460 e. The van der Waals surface area contributed by atoms with Crippen LogP contribution in [0.4, 0.5) is 0 Å². The molecule has 0 aliphatic rings. The second-order valence-electron chi connectivity index (χ2n) is 10.2. The van der Waals surface area contributed by atoms with E-state index in [1.54, 1.807) is 6.92 Å². The Hall–Kier alpha value is -1.38. The fraction of sp³-hybridized carbons (Fsp3) is 0.923. The SMILES string of the molecule is CCC(C)(C)OC(=O)CC(CC(C)(OOC)OOC)OOC.CCCCC(OOCC)C(=O)OC(C)(C)C. The van der Waals surface area contributed by atoms with Crippen LogP contribution in [0.3, 0.4) is 0 Å². The van der Waals surface area contributed by atoms with Gasteiger partial charge in [0.2, 0.25) is 5.79 Å². The first-order chi connectivity index (χ1) is 17.6. The summed E-state index contributed by atoms with van der Waals surface area (Å²) in [5, 5.41) is 0. The second kappa shape index (κ2) is 20.5. The van der Waals surface area contributed by atoms with Gasteiger partial charge < -0.3 is 9.47 Å². The van der Waals surface area contributed by atoms with Gasteiger partial charge in [0.1, 0.15) is 17.3 Å². The highest BCUT2D eigenvalue weighted by Gasteiger charge is 2.36. The maximum Gasteiger partial charge on any atom is 0.339 e. The average Bonchev–Trinajstić information content (AvgIpc) is 2.78. The molecule has 0 fully saturated rings. The molecular formula is C26H52O12. The summed E-state index contributed by atoms with van der Waals surface area (Å²) in [5.74, 6) is -2.03. The first-order valence-electron chi connectivity index (χ1n) is 13.0. The third-order valence-corrected chi connectivity index (χ3v) is 4.78. The van der Waals surface area contributed by atoms with Crippen molar-refractivity contribution in [2.45, 2.75) is 130 Å². The topological polar surface area (TPSA) is 126 Å². The van der Waals surface area contributed by atoms with Crippen LogP contribution in [-0.4, -0.2) is 69.1 Å². The van der Waals surface area contributed by atoms with Gasteiger partial charge in [-0.2, -0.15) is 9.78 Å². The van der Waals surface area contributed by atoms with Crippen LogP contribution >= 0.6 is 0 Å². The molecule has 0 radical (unpaired) electrons. The minimum atomic E-state index is -1.27. The number of hydrogen-bond donors (Lipinski definition) is 0. The van der Waals surface area contributed by atoms with E-state index in [0.717, 1.165) is 12.8 Å². The second-order valence-corrected chi connectivity index (χ2v) is 10.2. The molecule has 0 aliphatic carbocycles. The van der Waals surface area contributed by atoms with Crippen molar-refractivity contribution in [1.29, 1.82) is 0 Å². The summed E-state index contributed by atoms with van der Waals surface area (Å²) >= 11 is 0. The lowest BCUT2D eigenvalue weighted by atomic mass is 10.1. The zero-order valence-corrected chi connectivity index (χ0v) is 25.5. The van der Waals surface area contributed by atoms with E-state index in [1.807, 2.05) is 48.5 Å². The van der Waals surface area contributed by atoms with E-state index in [9.17, 15) is 9.59 Å². The predicted octanol–water partition coefficient (Wildman–Crippen LogP) is 5.17. The number of unbranched alkanes of at least 4 members (excludes halogenated alkanes) is 1. The first kappa shape index (κ1) is 38.8. The van der Waals surface area contributed by atoms with Crippen molar-refractivity contribution < 1.29 is 58.2 Å². The Labute approximate surface area is 228 Å². The Morgan fingerprint density at radius 1 is 0.789 bits per heavy atom. The van der Waals surface area contributed by atoms with Crippen LogP contribution in [0.2, 0.25) is 0 Å². The summed E-state index contributed by atoms with van der Waals surface area (Å²) < 4.78 is 10.6. The summed E-state index contributed by atoms with van der Waals surface area (Å²) in [7, 11) is 4.02. The minimum absolute atomic E-state index is 0.0347. The molecule has 2 unspecified atom stereocenters. The Morgan fingerprint density at radius 3 is 1.79 bits per heavy atom. The van der Waals surface area contributed by atoms with Crippen LogP contribution in [-0.2, 0) is 58.2 Å². The van der Waals surface area contributed by atoms with Gasteiger partial charge in [0, 0.05) is 6.42 Å². The maximum absolute atomic E-state index is 12.0. The largest absolute Gasteiger partial charge is 0.460 e. The molecule has 0 aliphatic heterocycles. The lowest BCUT2D eigenvalue weighted by Crippen LogP contribution is -2.38. The van der Waals surface area contributed by atoms with E-state index in [2.05, 4.69) is 21.6 Å². The van der Waals surface area contributed by atoms with Crippen LogP contribution in [0, 0.1) is 0 Å². The molecule has 0 aromatic carbocycles. The van der Waals surface area contributed by atoms with E-state index in [-0.39, 0.29) is 18.8 Å². The van der Waals surface area contributed by atoms with Gasteiger partial charge in [-0.05, 0) is 61.3 Å². The summed E-state index contributed by atoms with van der Waals surface area (Å²) in [6.07, 6.45) is 2.06. The summed E-state index contributed by atoms with van der Waals surface area (Å²) in [5.41, 5.74) is -1.03. The number of rotatable bonds is 19. The van der Waals surface area contributed by atoms with Gasteiger partial charge in [-0.1, -0.05) is 26.7 Å². The molecule has 12 nitrogen and oxygen atoms in total. The fourth-order valence-corrected chi connectivity index (χ4v) is 2.84. The number of hydrogen-bond acceptors (Lipinski definition) is 12. The molecule has 0 bridgehead atoms. The van der Waals surface area contributed by atoms with Crippen LogP contribution in [0.5, 0.6) is 0 Å². The molecule has 38 heavy (non-hydrogen) atoms. The molecule has 0 aromatic heterocycles. The standard InChI is InChI=1S/C14H28O8.C12H24O4/c1-8-13(2,3)19-12(15)9-11(20-16-5)10-14(4,21-17-6)22-18-7;1-6-8-9-10(16-14-7-2)11(13)15-12(3,4)5/h11H,8-10H2,1-7H3;10H,6-9H2,1-5H3. The predicted molar refractivity (Wildman–Crippen MR) is 138 cm³/mol. The molecule has 12 heteroatoms. The molecule has 0 saturated carbocycles. The fourth-order valence-electron chi connectivity index (χ4n) is 2.84. The van der Waals surface area contributed by atoms with Gasteiger partial charge >= 0.3 is 11.9 Å². The number of ether oxygens (including phenoxy) is 2. The van der Waals surface area contributed by atoms with Gasteiger partial charge in [0.05, 0.1) is 34.4 Å². The zero-order chi connectivity index (χ0) is 29.8. The molecule has 228 valence electrons. The van der Waals surface area contributed by atoms with Gasteiger partial charge in [-0.25, -0.2) is 34.1 Å². The molecule has 0 spiro atoms. The summed E-state index contributed by atoms with van der Waals surface area (Å²) in [4.78, 5) is 62.6. The molecular weight excluding hydrogens is 504 g/mol. The molecule has 2 atom stereocenters. The normalized spacial score (nSPS) is 13.8. The third kappa shape index (κ3) is 20.6.